The molecular weight excluding hydrogens is 386 g/mol. The van der Waals surface area contributed by atoms with Crippen molar-refractivity contribution in [1.29, 1.82) is 0 Å². The minimum atomic E-state index is -0.737. The van der Waals surface area contributed by atoms with Gasteiger partial charge in [0, 0.05) is 24.2 Å². The topological polar surface area (TPSA) is 96.0 Å². The molecule has 0 aromatic heterocycles. The quantitative estimate of drug-likeness (QED) is 0.526. The van der Waals surface area contributed by atoms with Crippen molar-refractivity contribution in [1.82, 2.24) is 15.1 Å². The fourth-order valence-corrected chi connectivity index (χ4v) is 3.70. The smallest absolute Gasteiger partial charge is 0.260 e. The summed E-state index contributed by atoms with van der Waals surface area (Å²) in [7, 11) is 0. The summed E-state index contributed by atoms with van der Waals surface area (Å²) in [5.41, 5.74) is 1.12. The van der Waals surface area contributed by atoms with Gasteiger partial charge < -0.3 is 14.5 Å². The summed E-state index contributed by atoms with van der Waals surface area (Å²) in [5.74, 6) is -0.400. The van der Waals surface area contributed by atoms with Crippen LogP contribution in [0.2, 0.25) is 0 Å². The van der Waals surface area contributed by atoms with Gasteiger partial charge in [-0.3, -0.25) is 24.5 Å². The molecule has 8 nitrogen and oxygen atoms in total. The normalized spacial score (nSPS) is 13.6. The number of benzene rings is 1. The molecule has 4 amide bonds. The van der Waals surface area contributed by atoms with Crippen molar-refractivity contribution in [3.8, 4) is 5.75 Å². The van der Waals surface area contributed by atoms with Gasteiger partial charge in [-0.25, -0.2) is 0 Å². The van der Waals surface area contributed by atoms with E-state index >= 15 is 0 Å². The first-order valence-corrected chi connectivity index (χ1v) is 10.6. The maximum absolute atomic E-state index is 12.9. The van der Waals surface area contributed by atoms with Gasteiger partial charge in [-0.05, 0) is 31.4 Å². The zero-order valence-electron chi connectivity index (χ0n) is 18.0. The van der Waals surface area contributed by atoms with E-state index < -0.39 is 11.9 Å². The van der Waals surface area contributed by atoms with Crippen molar-refractivity contribution in [2.45, 2.75) is 59.0 Å². The van der Waals surface area contributed by atoms with Crippen molar-refractivity contribution in [2.24, 2.45) is 0 Å². The van der Waals surface area contributed by atoms with Crippen LogP contribution in [0.4, 0.5) is 0 Å². The summed E-state index contributed by atoms with van der Waals surface area (Å²) in [4.78, 5) is 51.7. The van der Waals surface area contributed by atoms with Gasteiger partial charge in [0.1, 0.15) is 11.8 Å². The second-order valence-corrected chi connectivity index (χ2v) is 7.32. The molecule has 1 aromatic rings. The Kier molecular flexibility index (Phi) is 8.83. The minimum absolute atomic E-state index is 0.0910. The van der Waals surface area contributed by atoms with E-state index in [9.17, 15) is 19.2 Å². The number of imide groups is 1. The summed E-state index contributed by atoms with van der Waals surface area (Å²) in [5, 5.41) is 2.15. The second kappa shape index (κ2) is 11.3. The molecule has 1 aliphatic rings. The van der Waals surface area contributed by atoms with Crippen LogP contribution in [0.1, 0.15) is 62.4 Å². The molecule has 0 aliphatic carbocycles. The standard InChI is InChI=1S/C22H31N3O5/c1-4-8-18(21(28)23-15-26)25-13-17-16(22(25)29)9-7-10-19(17)30-14-20(27)24(11-5-2)12-6-3/h7,9-10,15,18H,4-6,8,11-14H2,1-3H3,(H,23,26,28). The highest BCUT2D eigenvalue weighted by molar-refractivity contribution is 6.02. The monoisotopic (exact) mass is 417 g/mol. The van der Waals surface area contributed by atoms with Gasteiger partial charge in [-0.1, -0.05) is 33.3 Å². The van der Waals surface area contributed by atoms with Crippen molar-refractivity contribution >= 4 is 24.1 Å². The summed E-state index contributed by atoms with van der Waals surface area (Å²) in [6.45, 7) is 7.41. The molecule has 1 aromatic carbocycles. The van der Waals surface area contributed by atoms with E-state index in [-0.39, 0.29) is 25.0 Å². The highest BCUT2D eigenvalue weighted by Crippen LogP contribution is 2.33. The molecule has 0 fully saturated rings. The number of fused-ring (bicyclic) bond motifs is 1. The lowest BCUT2D eigenvalue weighted by Crippen LogP contribution is -2.46. The Morgan fingerprint density at radius 2 is 1.90 bits per heavy atom. The third-order valence-electron chi connectivity index (χ3n) is 5.09. The number of nitrogens with zero attached hydrogens (tertiary/aromatic N) is 2. The van der Waals surface area contributed by atoms with Crippen LogP contribution in [0, 0.1) is 0 Å². The minimum Gasteiger partial charge on any atom is -0.483 e. The number of nitrogens with one attached hydrogen (secondary N) is 1. The van der Waals surface area contributed by atoms with Crippen LogP contribution in [-0.2, 0) is 20.9 Å². The molecule has 0 radical (unpaired) electrons. The fourth-order valence-electron chi connectivity index (χ4n) is 3.70. The molecule has 1 aliphatic heterocycles. The number of carbonyl (C=O) groups is 4. The van der Waals surface area contributed by atoms with Crippen LogP contribution in [0.15, 0.2) is 18.2 Å². The van der Waals surface area contributed by atoms with E-state index in [1.165, 1.54) is 4.90 Å². The lowest BCUT2D eigenvalue weighted by Gasteiger charge is -2.25. The Balaban J connectivity index is 2.17. The predicted octanol–water partition coefficient (Wildman–Crippen LogP) is 2.11. The van der Waals surface area contributed by atoms with Crippen LogP contribution >= 0.6 is 0 Å². The summed E-state index contributed by atoms with van der Waals surface area (Å²) in [6.07, 6.45) is 3.20. The van der Waals surface area contributed by atoms with E-state index in [0.29, 0.717) is 49.2 Å². The van der Waals surface area contributed by atoms with E-state index in [1.54, 1.807) is 23.1 Å². The molecular formula is C22H31N3O5. The first-order chi connectivity index (χ1) is 14.5. The third kappa shape index (κ3) is 5.37. The van der Waals surface area contributed by atoms with E-state index in [2.05, 4.69) is 5.32 Å². The van der Waals surface area contributed by atoms with Crippen molar-refractivity contribution < 1.29 is 23.9 Å². The molecule has 164 valence electrons. The molecule has 0 bridgehead atoms. The average molecular weight is 418 g/mol. The Labute approximate surface area is 177 Å². The largest absolute Gasteiger partial charge is 0.483 e. The number of rotatable bonds is 12. The number of carbonyl (C=O) groups excluding carboxylic acids is 4. The number of ether oxygens (including phenoxy) is 1. The van der Waals surface area contributed by atoms with Gasteiger partial charge >= 0.3 is 0 Å². The number of hydrogen-bond donors (Lipinski definition) is 1. The van der Waals surface area contributed by atoms with Gasteiger partial charge in [-0.15, -0.1) is 0 Å². The number of hydrogen-bond acceptors (Lipinski definition) is 5. The lowest BCUT2D eigenvalue weighted by molar-refractivity contribution is -0.133. The molecule has 0 saturated carbocycles. The molecule has 1 atom stereocenters. The van der Waals surface area contributed by atoms with Crippen LogP contribution in [0.3, 0.4) is 0 Å². The van der Waals surface area contributed by atoms with E-state index in [1.807, 2.05) is 20.8 Å². The zero-order chi connectivity index (χ0) is 22.1. The fraction of sp³-hybridized carbons (Fsp3) is 0.545. The zero-order valence-corrected chi connectivity index (χ0v) is 18.0. The molecule has 1 unspecified atom stereocenters. The maximum Gasteiger partial charge on any atom is 0.260 e. The first kappa shape index (κ1) is 23.4. The van der Waals surface area contributed by atoms with Crippen LogP contribution in [0.5, 0.6) is 5.75 Å². The molecule has 1 N–H and O–H groups in total. The predicted molar refractivity (Wildman–Crippen MR) is 112 cm³/mol. The Bertz CT molecular complexity index is 774. The molecule has 0 saturated heterocycles. The first-order valence-electron chi connectivity index (χ1n) is 10.6. The molecule has 30 heavy (non-hydrogen) atoms. The molecule has 1 heterocycles. The van der Waals surface area contributed by atoms with Gasteiger partial charge in [-0.2, -0.15) is 0 Å². The Morgan fingerprint density at radius 1 is 1.20 bits per heavy atom. The van der Waals surface area contributed by atoms with Crippen LogP contribution in [0.25, 0.3) is 0 Å². The lowest BCUT2D eigenvalue weighted by atomic mass is 10.1. The van der Waals surface area contributed by atoms with Crippen molar-refractivity contribution in [3.63, 3.8) is 0 Å². The van der Waals surface area contributed by atoms with Crippen molar-refractivity contribution in [2.75, 3.05) is 19.7 Å². The van der Waals surface area contributed by atoms with Crippen LogP contribution in [-0.4, -0.2) is 59.7 Å². The summed E-state index contributed by atoms with van der Waals surface area (Å²) < 4.78 is 5.80. The third-order valence-corrected chi connectivity index (χ3v) is 5.09. The van der Waals surface area contributed by atoms with E-state index in [4.69, 9.17) is 4.74 Å². The summed E-state index contributed by atoms with van der Waals surface area (Å²) >= 11 is 0. The average Bonchev–Trinajstić information content (AvgIpc) is 3.07. The Morgan fingerprint density at radius 3 is 2.50 bits per heavy atom. The highest BCUT2D eigenvalue weighted by atomic mass is 16.5. The van der Waals surface area contributed by atoms with Gasteiger partial charge in [0.15, 0.2) is 6.61 Å². The summed E-state index contributed by atoms with van der Waals surface area (Å²) in [6, 6.07) is 4.39. The maximum atomic E-state index is 12.9. The van der Waals surface area contributed by atoms with Crippen molar-refractivity contribution in [3.05, 3.63) is 29.3 Å². The number of amides is 4. The van der Waals surface area contributed by atoms with Gasteiger partial charge in [0.05, 0.1) is 6.54 Å². The molecule has 2 rings (SSSR count). The Hall–Kier alpha value is -2.90. The SMILES string of the molecule is CCCC(C(=O)NC=O)N1Cc2c(OCC(=O)N(CCC)CCC)cccc2C1=O. The van der Waals surface area contributed by atoms with Gasteiger partial charge in [0.2, 0.25) is 12.3 Å². The second-order valence-electron chi connectivity index (χ2n) is 7.32. The van der Waals surface area contributed by atoms with Crippen LogP contribution < -0.4 is 10.1 Å². The highest BCUT2D eigenvalue weighted by Gasteiger charge is 2.37. The molecule has 0 spiro atoms. The van der Waals surface area contributed by atoms with E-state index in [0.717, 1.165) is 12.8 Å². The molecule has 8 heteroatoms. The van der Waals surface area contributed by atoms with Gasteiger partial charge in [0.25, 0.3) is 11.8 Å².